The van der Waals surface area contributed by atoms with Crippen molar-refractivity contribution in [3.8, 4) is 0 Å². The molecule has 0 bridgehead atoms. The standard InChI is InChI=1S/C23H23N3O/c1-3-17-8-10-20(11-9-17)25-21-13-19(14-24-15-21)23(27)26-16(2)12-18-6-4-5-7-22(18)26/h4-11,13-16,25H,3,12H2,1-2H3. The molecule has 1 aromatic heterocycles. The van der Waals surface area contributed by atoms with E-state index in [0.29, 0.717) is 5.56 Å². The molecule has 0 radical (unpaired) electrons. The van der Waals surface area contributed by atoms with Gasteiger partial charge in [0.1, 0.15) is 0 Å². The Kier molecular flexibility index (Phi) is 4.63. The monoisotopic (exact) mass is 357 g/mol. The highest BCUT2D eigenvalue weighted by Gasteiger charge is 2.31. The van der Waals surface area contributed by atoms with E-state index in [9.17, 15) is 4.79 Å². The molecule has 1 unspecified atom stereocenters. The van der Waals surface area contributed by atoms with Gasteiger partial charge in [0.25, 0.3) is 5.91 Å². The summed E-state index contributed by atoms with van der Waals surface area (Å²) in [6.45, 7) is 4.22. The summed E-state index contributed by atoms with van der Waals surface area (Å²) < 4.78 is 0. The van der Waals surface area contributed by atoms with Gasteiger partial charge in [-0.15, -0.1) is 0 Å². The molecule has 0 saturated carbocycles. The van der Waals surface area contributed by atoms with E-state index in [1.807, 2.05) is 41.3 Å². The molecule has 0 aliphatic carbocycles. The maximum absolute atomic E-state index is 13.2. The summed E-state index contributed by atoms with van der Waals surface area (Å²) >= 11 is 0. The second-order valence-electron chi connectivity index (χ2n) is 6.99. The average Bonchev–Trinajstić information content (AvgIpc) is 3.04. The highest BCUT2D eigenvalue weighted by atomic mass is 16.2. The number of carbonyl (C=O) groups is 1. The van der Waals surface area contributed by atoms with E-state index in [4.69, 9.17) is 0 Å². The number of carbonyl (C=O) groups excluding carboxylic acids is 1. The molecule has 3 aromatic rings. The Hall–Kier alpha value is -3.14. The number of rotatable bonds is 4. The predicted octanol–water partition coefficient (Wildman–Crippen LogP) is 4.98. The first-order valence-electron chi connectivity index (χ1n) is 9.38. The summed E-state index contributed by atoms with van der Waals surface area (Å²) in [7, 11) is 0. The number of para-hydroxylation sites is 1. The van der Waals surface area contributed by atoms with Gasteiger partial charge in [0, 0.05) is 23.6 Å². The molecule has 1 amide bonds. The van der Waals surface area contributed by atoms with Gasteiger partial charge in [-0.25, -0.2) is 0 Å². The lowest BCUT2D eigenvalue weighted by atomic mass is 10.1. The van der Waals surface area contributed by atoms with Gasteiger partial charge in [0.15, 0.2) is 0 Å². The van der Waals surface area contributed by atoms with Crippen LogP contribution in [0.15, 0.2) is 67.0 Å². The Morgan fingerprint density at radius 3 is 2.67 bits per heavy atom. The van der Waals surface area contributed by atoms with Crippen LogP contribution in [0.1, 0.15) is 35.3 Å². The first-order chi connectivity index (χ1) is 13.2. The van der Waals surface area contributed by atoms with E-state index in [-0.39, 0.29) is 11.9 Å². The Morgan fingerprint density at radius 2 is 1.89 bits per heavy atom. The zero-order valence-electron chi connectivity index (χ0n) is 15.6. The Bertz CT molecular complexity index is 965. The van der Waals surface area contributed by atoms with Crippen molar-refractivity contribution in [2.24, 2.45) is 0 Å². The number of nitrogens with one attached hydrogen (secondary N) is 1. The number of fused-ring (bicyclic) bond motifs is 1. The fourth-order valence-corrected chi connectivity index (χ4v) is 3.63. The summed E-state index contributed by atoms with van der Waals surface area (Å²) in [5, 5.41) is 3.34. The third-order valence-electron chi connectivity index (χ3n) is 5.06. The second kappa shape index (κ2) is 7.23. The highest BCUT2D eigenvalue weighted by molar-refractivity contribution is 6.08. The van der Waals surface area contributed by atoms with Crippen molar-refractivity contribution < 1.29 is 4.79 Å². The van der Waals surface area contributed by atoms with Gasteiger partial charge in [-0.2, -0.15) is 0 Å². The lowest BCUT2D eigenvalue weighted by molar-refractivity contribution is 0.0981. The Labute approximate surface area is 159 Å². The third-order valence-corrected chi connectivity index (χ3v) is 5.06. The van der Waals surface area contributed by atoms with Gasteiger partial charge in [-0.05, 0) is 55.2 Å². The van der Waals surface area contributed by atoms with E-state index < -0.39 is 0 Å². The molecule has 1 aliphatic rings. The van der Waals surface area contributed by atoms with Crippen LogP contribution < -0.4 is 10.2 Å². The number of hydrogen-bond donors (Lipinski definition) is 1. The number of aromatic nitrogens is 1. The van der Waals surface area contributed by atoms with Crippen molar-refractivity contribution in [3.63, 3.8) is 0 Å². The minimum Gasteiger partial charge on any atom is -0.354 e. The lowest BCUT2D eigenvalue weighted by Gasteiger charge is -2.23. The first kappa shape index (κ1) is 17.3. The zero-order valence-corrected chi connectivity index (χ0v) is 15.6. The maximum Gasteiger partial charge on any atom is 0.260 e. The van der Waals surface area contributed by atoms with Crippen LogP contribution in [0.5, 0.6) is 0 Å². The molecule has 1 N–H and O–H groups in total. The molecule has 4 heteroatoms. The molecule has 136 valence electrons. The molecule has 1 aliphatic heterocycles. The van der Waals surface area contributed by atoms with E-state index in [1.54, 1.807) is 12.4 Å². The van der Waals surface area contributed by atoms with Gasteiger partial charge in [0.05, 0.1) is 17.4 Å². The molecular weight excluding hydrogens is 334 g/mol. The van der Waals surface area contributed by atoms with Crippen LogP contribution in [0.3, 0.4) is 0 Å². The topological polar surface area (TPSA) is 45.2 Å². The summed E-state index contributed by atoms with van der Waals surface area (Å²) in [4.78, 5) is 19.3. The molecule has 1 atom stereocenters. The van der Waals surface area contributed by atoms with Crippen molar-refractivity contribution in [2.45, 2.75) is 32.7 Å². The molecule has 0 fully saturated rings. The van der Waals surface area contributed by atoms with Crippen molar-refractivity contribution in [1.29, 1.82) is 0 Å². The fraction of sp³-hybridized carbons (Fsp3) is 0.217. The number of benzene rings is 2. The summed E-state index contributed by atoms with van der Waals surface area (Å²) in [5.74, 6) is -0.00932. The quantitative estimate of drug-likeness (QED) is 0.716. The van der Waals surface area contributed by atoms with Gasteiger partial charge in [-0.1, -0.05) is 37.3 Å². The summed E-state index contributed by atoms with van der Waals surface area (Å²) in [6.07, 6.45) is 5.28. The normalized spacial score (nSPS) is 15.5. The van der Waals surface area contributed by atoms with Crippen molar-refractivity contribution >= 4 is 23.0 Å². The highest BCUT2D eigenvalue weighted by Crippen LogP contribution is 2.33. The number of hydrogen-bond acceptors (Lipinski definition) is 3. The van der Waals surface area contributed by atoms with Crippen molar-refractivity contribution in [1.82, 2.24) is 4.98 Å². The van der Waals surface area contributed by atoms with Crippen LogP contribution >= 0.6 is 0 Å². The minimum atomic E-state index is -0.00932. The van der Waals surface area contributed by atoms with E-state index >= 15 is 0 Å². The van der Waals surface area contributed by atoms with Gasteiger partial charge >= 0.3 is 0 Å². The zero-order chi connectivity index (χ0) is 18.8. The number of amides is 1. The Morgan fingerprint density at radius 1 is 1.11 bits per heavy atom. The molecule has 0 spiro atoms. The number of aryl methyl sites for hydroxylation is 1. The smallest absolute Gasteiger partial charge is 0.260 e. The summed E-state index contributed by atoms with van der Waals surface area (Å²) in [5.41, 5.74) is 5.90. The van der Waals surface area contributed by atoms with Gasteiger partial charge in [0.2, 0.25) is 0 Å². The molecule has 4 rings (SSSR count). The van der Waals surface area contributed by atoms with Gasteiger partial charge in [-0.3, -0.25) is 9.78 Å². The van der Waals surface area contributed by atoms with Crippen LogP contribution in [0, 0.1) is 0 Å². The van der Waals surface area contributed by atoms with Crippen LogP contribution in [0.2, 0.25) is 0 Å². The van der Waals surface area contributed by atoms with Crippen LogP contribution in [-0.4, -0.2) is 16.9 Å². The molecule has 0 saturated heterocycles. The molecule has 2 heterocycles. The van der Waals surface area contributed by atoms with Crippen molar-refractivity contribution in [3.05, 3.63) is 83.7 Å². The summed E-state index contributed by atoms with van der Waals surface area (Å²) in [6, 6.07) is 18.4. The molecule has 27 heavy (non-hydrogen) atoms. The van der Waals surface area contributed by atoms with Crippen molar-refractivity contribution in [2.75, 3.05) is 10.2 Å². The first-order valence-corrected chi connectivity index (χ1v) is 9.38. The van der Waals surface area contributed by atoms with E-state index in [2.05, 4.69) is 42.3 Å². The number of nitrogens with zero attached hydrogens (tertiary/aromatic N) is 2. The molecule has 2 aromatic carbocycles. The van der Waals surface area contributed by atoms with Crippen LogP contribution in [0.4, 0.5) is 17.1 Å². The largest absolute Gasteiger partial charge is 0.354 e. The SMILES string of the molecule is CCc1ccc(Nc2cncc(C(=O)N3c4ccccc4CC3C)c2)cc1. The predicted molar refractivity (Wildman–Crippen MR) is 110 cm³/mol. The Balaban J connectivity index is 1.57. The minimum absolute atomic E-state index is 0.00932. The third kappa shape index (κ3) is 3.43. The van der Waals surface area contributed by atoms with E-state index in [1.165, 1.54) is 11.1 Å². The van der Waals surface area contributed by atoms with E-state index in [0.717, 1.165) is 29.9 Å². The number of anilines is 3. The molecular formula is C23H23N3O. The van der Waals surface area contributed by atoms with Crippen LogP contribution in [-0.2, 0) is 12.8 Å². The lowest BCUT2D eigenvalue weighted by Crippen LogP contribution is -2.35. The maximum atomic E-state index is 13.2. The molecule has 4 nitrogen and oxygen atoms in total. The van der Waals surface area contributed by atoms with Crippen LogP contribution in [0.25, 0.3) is 0 Å². The van der Waals surface area contributed by atoms with Gasteiger partial charge < -0.3 is 10.2 Å². The second-order valence-corrected chi connectivity index (χ2v) is 6.99. The number of pyridine rings is 1. The average molecular weight is 357 g/mol. The fourth-order valence-electron chi connectivity index (χ4n) is 3.63.